The van der Waals surface area contributed by atoms with Gasteiger partial charge in [-0.05, 0) is 86.4 Å². The highest BCUT2D eigenvalue weighted by molar-refractivity contribution is 5.36. The molecule has 4 saturated carbocycles. The van der Waals surface area contributed by atoms with Crippen molar-refractivity contribution in [1.82, 2.24) is 0 Å². The molecule has 77 heavy (non-hydrogen) atoms. The highest BCUT2D eigenvalue weighted by Crippen LogP contribution is 2.79. The van der Waals surface area contributed by atoms with E-state index in [1.54, 1.807) is 0 Å². The van der Waals surface area contributed by atoms with E-state index in [-0.39, 0.29) is 40.6 Å². The monoisotopic (exact) mass is 1100 g/mol. The van der Waals surface area contributed by atoms with Crippen LogP contribution in [-0.2, 0) is 42.6 Å². The first-order valence-corrected chi connectivity index (χ1v) is 28.0. The maximum atomic E-state index is 12.3. The third-order valence-corrected chi connectivity index (χ3v) is 22.1. The van der Waals surface area contributed by atoms with E-state index in [9.17, 15) is 71.5 Å². The largest absolute Gasteiger partial charge is 0.396 e. The lowest BCUT2D eigenvalue weighted by molar-refractivity contribution is -0.399. The summed E-state index contributed by atoms with van der Waals surface area (Å²) in [6.45, 7) is 13.1. The molecule has 0 amide bonds. The first-order chi connectivity index (χ1) is 36.1. The molecule has 5 saturated heterocycles. The van der Waals surface area contributed by atoms with Crippen molar-refractivity contribution in [2.45, 2.75) is 240 Å². The molecule has 14 N–H and O–H groups in total. The summed E-state index contributed by atoms with van der Waals surface area (Å²) in [5.74, 6) is 0.0283. The Morgan fingerprint density at radius 1 is 0.545 bits per heavy atom. The summed E-state index contributed by atoms with van der Waals surface area (Å²) >= 11 is 0. The molecule has 0 aromatic carbocycles. The van der Waals surface area contributed by atoms with E-state index < -0.39 is 177 Å². The van der Waals surface area contributed by atoms with Gasteiger partial charge in [-0.25, -0.2) is 0 Å². The van der Waals surface area contributed by atoms with E-state index in [0.717, 1.165) is 25.7 Å². The SMILES string of the molecule is CC1OC(OC2CCC3(C)C(CCC4(C)C3C=CC35OCC6(CCC(C)(C)CC63)C(O)CC45C)C2(C)CO)C(OC2OC(CO)C(O)C(O)C2O)C(OC2OC(COC3OC(CO)C(O)C(O)C3O)C(O)C(O)C2O)C1O. The minimum absolute atomic E-state index is 0.0140. The predicted molar refractivity (Wildman–Crippen MR) is 262 cm³/mol. The quantitative estimate of drug-likeness (QED) is 0.0705. The van der Waals surface area contributed by atoms with E-state index in [2.05, 4.69) is 46.8 Å². The zero-order valence-corrected chi connectivity index (χ0v) is 45.2. The second-order valence-corrected chi connectivity index (χ2v) is 26.6. The molecule has 10 aliphatic rings. The number of aliphatic hydroxyl groups is 14. The molecule has 0 radical (unpaired) electrons. The molecule has 9 fully saturated rings. The molecule has 31 unspecified atom stereocenters. The van der Waals surface area contributed by atoms with Gasteiger partial charge in [-0.1, -0.05) is 53.7 Å². The summed E-state index contributed by atoms with van der Waals surface area (Å²) in [4.78, 5) is 0. The lowest BCUT2D eigenvalue weighted by Crippen LogP contribution is -2.72. The van der Waals surface area contributed by atoms with E-state index in [4.69, 9.17) is 42.6 Å². The number of hydrogen-bond acceptors (Lipinski definition) is 23. The van der Waals surface area contributed by atoms with Crippen LogP contribution in [0.1, 0.15) is 99.8 Å². The second kappa shape index (κ2) is 20.9. The molecule has 5 heterocycles. The van der Waals surface area contributed by atoms with Crippen LogP contribution in [0.2, 0.25) is 0 Å². The molecule has 23 heteroatoms. The van der Waals surface area contributed by atoms with Crippen molar-refractivity contribution in [3.63, 3.8) is 0 Å². The third kappa shape index (κ3) is 8.93. The van der Waals surface area contributed by atoms with Gasteiger partial charge in [-0.3, -0.25) is 0 Å². The number of hydrogen-bond donors (Lipinski definition) is 14. The molecule has 31 atom stereocenters. The average Bonchev–Trinajstić information content (AvgIpc) is 3.96. The van der Waals surface area contributed by atoms with Crippen molar-refractivity contribution >= 4 is 0 Å². The maximum Gasteiger partial charge on any atom is 0.187 e. The lowest BCUT2D eigenvalue weighted by Gasteiger charge is -2.73. The number of allylic oxidation sites excluding steroid dienone is 1. The van der Waals surface area contributed by atoms with Gasteiger partial charge < -0.3 is 114 Å². The van der Waals surface area contributed by atoms with Crippen LogP contribution in [0.15, 0.2) is 12.2 Å². The fourth-order valence-corrected chi connectivity index (χ4v) is 17.1. The Morgan fingerprint density at radius 3 is 1.73 bits per heavy atom. The molecule has 23 nitrogen and oxygen atoms in total. The minimum Gasteiger partial charge on any atom is -0.396 e. The van der Waals surface area contributed by atoms with Gasteiger partial charge in [0, 0.05) is 22.2 Å². The van der Waals surface area contributed by atoms with E-state index >= 15 is 0 Å². The Hall–Kier alpha value is -1.18. The summed E-state index contributed by atoms with van der Waals surface area (Å²) < 4.78 is 56.1. The highest BCUT2D eigenvalue weighted by atomic mass is 16.8. The molecule has 10 rings (SSSR count). The summed E-state index contributed by atoms with van der Waals surface area (Å²) in [6, 6.07) is 0. The Kier molecular flexibility index (Phi) is 16.0. The number of rotatable bonds is 12. The smallest absolute Gasteiger partial charge is 0.187 e. The fourth-order valence-electron chi connectivity index (χ4n) is 17.1. The Bertz CT molecular complexity index is 2120. The van der Waals surface area contributed by atoms with Gasteiger partial charge in [0.1, 0.15) is 91.6 Å². The molecule has 2 bridgehead atoms. The average molecular weight is 1110 g/mol. The van der Waals surface area contributed by atoms with Gasteiger partial charge in [0.25, 0.3) is 0 Å². The summed E-state index contributed by atoms with van der Waals surface area (Å²) in [7, 11) is 0. The van der Waals surface area contributed by atoms with Crippen molar-refractivity contribution in [2.24, 2.45) is 50.2 Å². The molecule has 0 aromatic heterocycles. The number of fused-ring (bicyclic) bond motifs is 4. The van der Waals surface area contributed by atoms with Crippen LogP contribution in [0.3, 0.4) is 0 Å². The van der Waals surface area contributed by atoms with E-state index in [1.165, 1.54) is 6.92 Å². The normalized spacial score (nSPS) is 58.1. The van der Waals surface area contributed by atoms with E-state index in [1.807, 2.05) is 6.92 Å². The van der Waals surface area contributed by atoms with Gasteiger partial charge >= 0.3 is 0 Å². The first kappa shape index (κ1) is 59.0. The van der Waals surface area contributed by atoms with Crippen molar-refractivity contribution in [2.75, 3.05) is 33.0 Å². The molecular weight excluding hydrogens is 1020 g/mol. The predicted octanol–water partition coefficient (Wildman–Crippen LogP) is -2.57. The van der Waals surface area contributed by atoms with Gasteiger partial charge in [-0.2, -0.15) is 0 Å². The zero-order valence-electron chi connectivity index (χ0n) is 45.2. The molecular formula is C54H88O23. The molecule has 5 aliphatic heterocycles. The van der Waals surface area contributed by atoms with Crippen molar-refractivity contribution < 1.29 is 114 Å². The molecule has 5 aliphatic carbocycles. The maximum absolute atomic E-state index is 12.3. The van der Waals surface area contributed by atoms with Crippen LogP contribution >= 0.6 is 0 Å². The summed E-state index contributed by atoms with van der Waals surface area (Å²) in [5, 5.41) is 153. The van der Waals surface area contributed by atoms with Crippen LogP contribution < -0.4 is 0 Å². The van der Waals surface area contributed by atoms with Gasteiger partial charge in [-0.15, -0.1) is 0 Å². The summed E-state index contributed by atoms with van der Waals surface area (Å²) in [6.07, 6.45) is -24.8. The Morgan fingerprint density at radius 2 is 1.12 bits per heavy atom. The van der Waals surface area contributed by atoms with Crippen molar-refractivity contribution in [3.8, 4) is 0 Å². The minimum atomic E-state index is -2.02. The van der Waals surface area contributed by atoms with Crippen molar-refractivity contribution in [3.05, 3.63) is 12.2 Å². The third-order valence-electron chi connectivity index (χ3n) is 22.1. The fraction of sp³-hybridized carbons (Fsp3) is 0.963. The van der Waals surface area contributed by atoms with Gasteiger partial charge in [0.15, 0.2) is 25.2 Å². The van der Waals surface area contributed by atoms with Crippen LogP contribution in [0.25, 0.3) is 0 Å². The van der Waals surface area contributed by atoms with Crippen LogP contribution in [0, 0.1) is 50.2 Å². The molecule has 0 aromatic rings. The Labute approximate surface area is 448 Å². The molecule has 442 valence electrons. The topological polar surface area (TPSA) is 366 Å². The summed E-state index contributed by atoms with van der Waals surface area (Å²) in [5.41, 5.74) is -2.83. The lowest BCUT2D eigenvalue weighted by atomic mass is 9.32. The van der Waals surface area contributed by atoms with Gasteiger partial charge in [0.2, 0.25) is 0 Å². The number of aliphatic hydroxyl groups excluding tert-OH is 14. The second-order valence-electron chi connectivity index (χ2n) is 26.6. The standard InChI is InChI=1S/C54H88O23/c1-23-32(59)42(76-46-41(68)38(65)35(62)26(74-46)20-69-44-39(66)36(63)33(60)24(18-55)72-44)43(77-45-40(67)37(64)34(61)25(19-56)73-45)47(71-23)75-31-10-11-49(4)27(50(31,5)21-57)8-12-51(6)28(49)9-13-54-29-16-48(2,3)14-15-53(29,22-70-54)30(58)17-52(51,54)7/h9,13,23-47,55-68H,8,10-12,14-22H2,1-7H3. The van der Waals surface area contributed by atoms with Crippen LogP contribution in [0.4, 0.5) is 0 Å². The highest BCUT2D eigenvalue weighted by Gasteiger charge is 2.79. The van der Waals surface area contributed by atoms with E-state index in [0.29, 0.717) is 32.3 Å². The Balaban J connectivity index is 0.932. The zero-order chi connectivity index (χ0) is 55.9. The van der Waals surface area contributed by atoms with Crippen molar-refractivity contribution in [1.29, 1.82) is 0 Å². The van der Waals surface area contributed by atoms with Gasteiger partial charge in [0.05, 0.1) is 56.9 Å². The van der Waals surface area contributed by atoms with Crippen LogP contribution in [-0.4, -0.2) is 245 Å². The van der Waals surface area contributed by atoms with Crippen LogP contribution in [0.5, 0.6) is 0 Å². The molecule has 1 spiro atoms. The first-order valence-electron chi connectivity index (χ1n) is 28.0. The number of ether oxygens (including phenoxy) is 9.